The molecular weight excluding hydrogens is 130 g/mol. The number of nitrogens with zero attached hydrogens (tertiary/aromatic N) is 1. The monoisotopic (exact) mass is 137 g/mol. The highest BCUT2D eigenvalue weighted by Crippen LogP contribution is 2.31. The molecule has 1 fully saturated rings. The van der Waals surface area contributed by atoms with Gasteiger partial charge in [0.2, 0.25) is 0 Å². The van der Waals surface area contributed by atoms with Crippen LogP contribution in [-0.4, -0.2) is 11.1 Å². The molecule has 1 aliphatic carbocycles. The van der Waals surface area contributed by atoms with Gasteiger partial charge in [-0.15, -0.1) is 0 Å². The van der Waals surface area contributed by atoms with Crippen LogP contribution in [0.4, 0.5) is 0 Å². The van der Waals surface area contributed by atoms with Gasteiger partial charge in [0.25, 0.3) is 0 Å². The van der Waals surface area contributed by atoms with E-state index in [1.165, 1.54) is 6.08 Å². The zero-order valence-electron chi connectivity index (χ0n) is 5.37. The lowest BCUT2D eigenvalue weighted by Gasteiger charge is -1.85. The average Bonchev–Trinajstić information content (AvgIpc) is 2.64. The molecule has 0 saturated heterocycles. The minimum absolute atomic E-state index is 0.123. The molecular formula is C7H7NO2. The van der Waals surface area contributed by atoms with Crippen LogP contribution in [0.3, 0.4) is 0 Å². The van der Waals surface area contributed by atoms with E-state index in [0.717, 1.165) is 12.8 Å². The van der Waals surface area contributed by atoms with Crippen molar-refractivity contribution in [3.05, 3.63) is 11.6 Å². The molecule has 52 valence electrons. The quantitative estimate of drug-likeness (QED) is 0.455. The third-order valence-electron chi connectivity index (χ3n) is 1.38. The summed E-state index contributed by atoms with van der Waals surface area (Å²) in [5, 5.41) is 16.6. The maximum atomic E-state index is 10.2. The van der Waals surface area contributed by atoms with Gasteiger partial charge in [0, 0.05) is 0 Å². The zero-order valence-corrected chi connectivity index (χ0v) is 5.37. The standard InChI is InChI=1S/C7H7NO2/c8-4-6(7(9)10)3-5-1-2-5/h3,5H,1-2H2,(H,9,10). The molecule has 1 rings (SSSR count). The van der Waals surface area contributed by atoms with E-state index in [1.54, 1.807) is 6.07 Å². The van der Waals surface area contributed by atoms with Crippen LogP contribution in [-0.2, 0) is 4.79 Å². The van der Waals surface area contributed by atoms with Crippen molar-refractivity contribution >= 4 is 5.97 Å². The zero-order chi connectivity index (χ0) is 7.56. The molecule has 0 aliphatic heterocycles. The number of rotatable bonds is 2. The molecule has 0 aromatic carbocycles. The Morgan fingerprint density at radius 2 is 2.30 bits per heavy atom. The molecule has 0 heterocycles. The third-order valence-corrected chi connectivity index (χ3v) is 1.38. The molecule has 0 radical (unpaired) electrons. The molecule has 1 saturated carbocycles. The predicted molar refractivity (Wildman–Crippen MR) is 34.1 cm³/mol. The van der Waals surface area contributed by atoms with Crippen LogP contribution >= 0.6 is 0 Å². The summed E-state index contributed by atoms with van der Waals surface area (Å²) >= 11 is 0. The highest BCUT2D eigenvalue weighted by atomic mass is 16.4. The number of hydrogen-bond donors (Lipinski definition) is 1. The van der Waals surface area contributed by atoms with Gasteiger partial charge < -0.3 is 5.11 Å². The molecule has 1 aliphatic rings. The van der Waals surface area contributed by atoms with Crippen LogP contribution in [0.15, 0.2) is 11.6 Å². The van der Waals surface area contributed by atoms with E-state index in [-0.39, 0.29) is 5.57 Å². The second kappa shape index (κ2) is 2.53. The van der Waals surface area contributed by atoms with Gasteiger partial charge in [-0.3, -0.25) is 0 Å². The van der Waals surface area contributed by atoms with Crippen molar-refractivity contribution < 1.29 is 9.90 Å². The van der Waals surface area contributed by atoms with E-state index in [9.17, 15) is 4.79 Å². The fourth-order valence-corrected chi connectivity index (χ4v) is 0.655. The smallest absolute Gasteiger partial charge is 0.346 e. The Kier molecular flexibility index (Phi) is 1.72. The summed E-state index contributed by atoms with van der Waals surface area (Å²) in [6, 6.07) is 1.63. The van der Waals surface area contributed by atoms with Crippen molar-refractivity contribution in [1.82, 2.24) is 0 Å². The summed E-state index contributed by atoms with van der Waals surface area (Å²) in [5.41, 5.74) is -0.123. The molecule has 3 heteroatoms. The van der Waals surface area contributed by atoms with Gasteiger partial charge in [-0.1, -0.05) is 6.08 Å². The summed E-state index contributed by atoms with van der Waals surface area (Å²) in [4.78, 5) is 10.2. The highest BCUT2D eigenvalue weighted by molar-refractivity contribution is 5.91. The van der Waals surface area contributed by atoms with E-state index in [1.807, 2.05) is 0 Å². The Labute approximate surface area is 58.6 Å². The van der Waals surface area contributed by atoms with Crippen molar-refractivity contribution in [2.75, 3.05) is 0 Å². The number of carboxylic acid groups (broad SMARTS) is 1. The molecule has 0 spiro atoms. The van der Waals surface area contributed by atoms with Crippen LogP contribution in [0, 0.1) is 17.2 Å². The first-order valence-electron chi connectivity index (χ1n) is 3.09. The van der Waals surface area contributed by atoms with Gasteiger partial charge in [-0.05, 0) is 18.8 Å². The Morgan fingerprint density at radius 3 is 2.60 bits per heavy atom. The molecule has 0 atom stereocenters. The van der Waals surface area contributed by atoms with E-state index in [0.29, 0.717) is 5.92 Å². The van der Waals surface area contributed by atoms with Crippen LogP contribution in [0.1, 0.15) is 12.8 Å². The molecule has 0 amide bonds. The number of allylic oxidation sites excluding steroid dienone is 1. The third kappa shape index (κ3) is 1.59. The summed E-state index contributed by atoms with van der Waals surface area (Å²) in [5.74, 6) is -0.764. The Morgan fingerprint density at radius 1 is 1.70 bits per heavy atom. The van der Waals surface area contributed by atoms with Gasteiger partial charge in [-0.2, -0.15) is 5.26 Å². The Bertz CT molecular complexity index is 220. The van der Waals surface area contributed by atoms with Gasteiger partial charge >= 0.3 is 5.97 Å². The first-order chi connectivity index (χ1) is 4.74. The molecule has 0 bridgehead atoms. The number of carboxylic acids is 1. The largest absolute Gasteiger partial charge is 0.477 e. The van der Waals surface area contributed by atoms with Crippen molar-refractivity contribution in [2.45, 2.75) is 12.8 Å². The number of aliphatic carboxylic acids is 1. The molecule has 0 aromatic heterocycles. The fourth-order valence-electron chi connectivity index (χ4n) is 0.655. The summed E-state index contributed by atoms with van der Waals surface area (Å²) in [6.07, 6.45) is 3.58. The topological polar surface area (TPSA) is 61.1 Å². The lowest BCUT2D eigenvalue weighted by atomic mass is 10.2. The van der Waals surface area contributed by atoms with Gasteiger partial charge in [-0.25, -0.2) is 4.79 Å². The summed E-state index contributed by atoms with van der Waals surface area (Å²) in [7, 11) is 0. The Balaban J connectivity index is 2.64. The second-order valence-corrected chi connectivity index (χ2v) is 2.33. The maximum absolute atomic E-state index is 10.2. The maximum Gasteiger partial charge on any atom is 0.346 e. The fraction of sp³-hybridized carbons (Fsp3) is 0.429. The van der Waals surface area contributed by atoms with Gasteiger partial charge in [0.1, 0.15) is 11.6 Å². The summed E-state index contributed by atoms with van der Waals surface area (Å²) < 4.78 is 0. The van der Waals surface area contributed by atoms with Crippen molar-refractivity contribution in [3.8, 4) is 6.07 Å². The first kappa shape index (κ1) is 6.81. The lowest BCUT2D eigenvalue weighted by molar-refractivity contribution is -0.132. The second-order valence-electron chi connectivity index (χ2n) is 2.33. The van der Waals surface area contributed by atoms with Crippen LogP contribution < -0.4 is 0 Å². The van der Waals surface area contributed by atoms with E-state index in [2.05, 4.69) is 0 Å². The average molecular weight is 137 g/mol. The SMILES string of the molecule is N#CC(=CC1CC1)C(=O)O. The van der Waals surface area contributed by atoms with E-state index in [4.69, 9.17) is 10.4 Å². The first-order valence-corrected chi connectivity index (χ1v) is 3.09. The minimum atomic E-state index is -1.12. The normalized spacial score (nSPS) is 18.1. The molecule has 1 N–H and O–H groups in total. The van der Waals surface area contributed by atoms with Crippen molar-refractivity contribution in [3.63, 3.8) is 0 Å². The molecule has 0 aromatic rings. The number of hydrogen-bond acceptors (Lipinski definition) is 2. The van der Waals surface area contributed by atoms with E-state index >= 15 is 0 Å². The van der Waals surface area contributed by atoms with Gasteiger partial charge in [0.15, 0.2) is 0 Å². The van der Waals surface area contributed by atoms with Crippen LogP contribution in [0.25, 0.3) is 0 Å². The molecule has 10 heavy (non-hydrogen) atoms. The molecule has 3 nitrogen and oxygen atoms in total. The van der Waals surface area contributed by atoms with E-state index < -0.39 is 5.97 Å². The lowest BCUT2D eigenvalue weighted by Crippen LogP contribution is -1.97. The molecule has 0 unspecified atom stereocenters. The van der Waals surface area contributed by atoms with Crippen molar-refractivity contribution in [1.29, 1.82) is 5.26 Å². The Hall–Kier alpha value is -1.30. The van der Waals surface area contributed by atoms with Crippen molar-refractivity contribution in [2.24, 2.45) is 5.92 Å². The highest BCUT2D eigenvalue weighted by Gasteiger charge is 2.21. The number of carbonyl (C=O) groups is 1. The van der Waals surface area contributed by atoms with Gasteiger partial charge in [0.05, 0.1) is 0 Å². The minimum Gasteiger partial charge on any atom is -0.477 e. The summed E-state index contributed by atoms with van der Waals surface area (Å²) in [6.45, 7) is 0. The number of nitriles is 1. The van der Waals surface area contributed by atoms with Crippen LogP contribution in [0.2, 0.25) is 0 Å². The van der Waals surface area contributed by atoms with Crippen LogP contribution in [0.5, 0.6) is 0 Å². The predicted octanol–water partition coefficient (Wildman–Crippen LogP) is 0.931.